The number of nitrogens with zero attached hydrogens (tertiary/aromatic N) is 1. The van der Waals surface area contributed by atoms with Gasteiger partial charge in [-0.15, -0.1) is 0 Å². The van der Waals surface area contributed by atoms with Crippen LogP contribution in [-0.2, 0) is 10.1 Å². The van der Waals surface area contributed by atoms with E-state index in [1.165, 1.54) is 19.4 Å². The second-order valence-corrected chi connectivity index (χ2v) is 11.0. The van der Waals surface area contributed by atoms with Crippen LogP contribution in [0.2, 0.25) is 0 Å². The third kappa shape index (κ3) is 6.10. The monoisotopic (exact) mass is 555 g/mol. The molecule has 1 fully saturated rings. The standard InChI is InChI=1S/C28H27N3O6S.Na/c1-16(32)29-18-7-9-19(10-8-18)31-24-14-13-23(30-17-5-3-2-4-6-17)25-26(24)28(34)22-15-20(38(35,36)37)11-12-21(22)27(25)33;/h7-15,17,30-31H,2-6H2,1H3,(H,29,32)(H,35,36,37);/q;+1/p-1. The van der Waals surface area contributed by atoms with Gasteiger partial charge in [0.15, 0.2) is 11.6 Å². The number of nitrogens with one attached hydrogen (secondary N) is 2. The van der Waals surface area contributed by atoms with E-state index in [-0.39, 0.29) is 63.8 Å². The van der Waals surface area contributed by atoms with Crippen LogP contribution in [0.5, 0.6) is 0 Å². The zero-order chi connectivity index (χ0) is 27.0. The molecule has 0 heterocycles. The number of hydrogen-bond donors (Lipinski definition) is 3. The molecule has 0 aromatic heterocycles. The number of carbonyl (C=O) groups excluding carboxylic acids is 2. The van der Waals surface area contributed by atoms with Gasteiger partial charge in [-0.25, -0.2) is 0 Å². The summed E-state index contributed by atoms with van der Waals surface area (Å²) in [6.45, 7) is 1.36. The summed E-state index contributed by atoms with van der Waals surface area (Å²) in [5, 5.41) is 17.9. The van der Waals surface area contributed by atoms with Crippen LogP contribution in [0.3, 0.4) is 0 Å². The van der Waals surface area contributed by atoms with Crippen molar-refractivity contribution in [1.82, 2.24) is 0 Å². The zero-order valence-corrected chi connectivity index (χ0v) is 24.5. The van der Waals surface area contributed by atoms with E-state index in [1.807, 2.05) is 0 Å². The van der Waals surface area contributed by atoms with E-state index < -0.39 is 26.6 Å². The first kappa shape index (κ1) is 29.0. The molecule has 3 aromatic carbocycles. The van der Waals surface area contributed by atoms with Gasteiger partial charge in [0.1, 0.15) is 0 Å². The maximum atomic E-state index is 13.8. The minimum Gasteiger partial charge on any atom is -0.862 e. The predicted octanol–water partition coefficient (Wildman–Crippen LogP) is 1.61. The van der Waals surface area contributed by atoms with Gasteiger partial charge in [0.05, 0.1) is 27.4 Å². The Balaban J connectivity index is 0.00000353. The predicted molar refractivity (Wildman–Crippen MR) is 143 cm³/mol. The fourth-order valence-electron chi connectivity index (χ4n) is 5.06. The number of ketones is 2. The molecule has 0 atom stereocenters. The molecule has 39 heavy (non-hydrogen) atoms. The molecule has 0 radical (unpaired) electrons. The van der Waals surface area contributed by atoms with Crippen molar-refractivity contribution < 1.29 is 57.2 Å². The average Bonchev–Trinajstić information content (AvgIpc) is 2.88. The third-order valence-corrected chi connectivity index (χ3v) is 7.68. The SMILES string of the molecule is CC([O-])=Nc1ccc(Nc2ccc(NC3CCCCC3)c3c2C(=O)c2cc(S(=O)(=O)O)ccc2C3=O)cc1.[Na+]. The quantitative estimate of drug-likeness (QED) is 0.141. The van der Waals surface area contributed by atoms with Gasteiger partial charge in [0.2, 0.25) is 0 Å². The maximum absolute atomic E-state index is 13.8. The minimum absolute atomic E-state index is 0. The molecule has 5 rings (SSSR count). The van der Waals surface area contributed by atoms with Crippen molar-refractivity contribution in [3.05, 3.63) is 76.9 Å². The Bertz CT molecular complexity index is 1580. The van der Waals surface area contributed by atoms with Gasteiger partial charge in [-0.05, 0) is 80.3 Å². The molecule has 0 aliphatic heterocycles. The number of carbonyl (C=O) groups is 2. The normalized spacial score (nSPS) is 15.7. The van der Waals surface area contributed by atoms with Gasteiger partial charge in [-0.3, -0.25) is 19.1 Å². The van der Waals surface area contributed by atoms with Crippen molar-refractivity contribution in [2.75, 3.05) is 10.6 Å². The van der Waals surface area contributed by atoms with Crippen molar-refractivity contribution in [2.24, 2.45) is 4.99 Å². The molecule has 196 valence electrons. The summed E-state index contributed by atoms with van der Waals surface area (Å²) in [4.78, 5) is 31.0. The molecule has 3 N–H and O–H groups in total. The average molecular weight is 556 g/mol. The Morgan fingerprint density at radius 3 is 2.15 bits per heavy atom. The van der Waals surface area contributed by atoms with Crippen LogP contribution in [0.25, 0.3) is 0 Å². The summed E-state index contributed by atoms with van der Waals surface area (Å²) < 4.78 is 33.0. The summed E-state index contributed by atoms with van der Waals surface area (Å²) in [5.41, 5.74) is 2.33. The van der Waals surface area contributed by atoms with E-state index in [0.717, 1.165) is 37.8 Å². The molecule has 11 heteroatoms. The molecule has 9 nitrogen and oxygen atoms in total. The first-order valence-corrected chi connectivity index (χ1v) is 13.8. The van der Waals surface area contributed by atoms with E-state index in [2.05, 4.69) is 15.6 Å². The van der Waals surface area contributed by atoms with Crippen molar-refractivity contribution in [3.8, 4) is 0 Å². The molecule has 0 amide bonds. The second-order valence-electron chi connectivity index (χ2n) is 9.53. The van der Waals surface area contributed by atoms with Gasteiger partial charge < -0.3 is 15.7 Å². The van der Waals surface area contributed by atoms with Crippen LogP contribution in [0, 0.1) is 0 Å². The number of fused-ring (bicyclic) bond motifs is 2. The molecule has 3 aromatic rings. The van der Waals surface area contributed by atoms with Gasteiger partial charge in [0, 0.05) is 28.5 Å². The van der Waals surface area contributed by atoms with Gasteiger partial charge in [0.25, 0.3) is 10.1 Å². The maximum Gasteiger partial charge on any atom is 1.00 e. The van der Waals surface area contributed by atoms with Crippen LogP contribution in [-0.4, -0.2) is 36.5 Å². The number of aliphatic imine (C=N–C) groups is 1. The largest absolute Gasteiger partial charge is 1.00 e. The molecule has 0 saturated heterocycles. The summed E-state index contributed by atoms with van der Waals surface area (Å²) in [7, 11) is -4.58. The minimum atomic E-state index is -4.58. The van der Waals surface area contributed by atoms with Crippen molar-refractivity contribution in [2.45, 2.75) is 50.0 Å². The van der Waals surface area contributed by atoms with E-state index >= 15 is 0 Å². The van der Waals surface area contributed by atoms with Crippen LogP contribution in [0.1, 0.15) is 70.9 Å². The van der Waals surface area contributed by atoms with Crippen molar-refractivity contribution >= 4 is 50.3 Å². The molecule has 0 unspecified atom stereocenters. The van der Waals surface area contributed by atoms with Gasteiger partial charge in [-0.1, -0.05) is 19.3 Å². The summed E-state index contributed by atoms with van der Waals surface area (Å²) in [5.74, 6) is -1.26. The van der Waals surface area contributed by atoms with Crippen LogP contribution in [0.4, 0.5) is 22.7 Å². The number of anilines is 3. The Morgan fingerprint density at radius 1 is 0.897 bits per heavy atom. The Kier molecular flexibility index (Phi) is 8.63. The number of benzene rings is 3. The van der Waals surface area contributed by atoms with Gasteiger partial charge in [-0.2, -0.15) is 8.42 Å². The molecule has 2 aliphatic rings. The summed E-state index contributed by atoms with van der Waals surface area (Å²) in [6, 6.07) is 13.8. The van der Waals surface area contributed by atoms with Crippen LogP contribution >= 0.6 is 0 Å². The van der Waals surface area contributed by atoms with Crippen LogP contribution in [0.15, 0.2) is 64.5 Å². The Labute approximate surface area is 248 Å². The van der Waals surface area contributed by atoms with Gasteiger partial charge >= 0.3 is 29.6 Å². The molecular formula is C28H26N3NaO6S. The van der Waals surface area contributed by atoms with E-state index in [9.17, 15) is 27.7 Å². The van der Waals surface area contributed by atoms with Crippen molar-refractivity contribution in [3.63, 3.8) is 0 Å². The Hall–Kier alpha value is -3.02. The smallest absolute Gasteiger partial charge is 0.862 e. The van der Waals surface area contributed by atoms with E-state index in [0.29, 0.717) is 22.7 Å². The molecule has 1 saturated carbocycles. The van der Waals surface area contributed by atoms with E-state index in [4.69, 9.17) is 0 Å². The van der Waals surface area contributed by atoms with Crippen LogP contribution < -0.4 is 45.3 Å². The molecule has 0 bridgehead atoms. The number of hydrogen-bond acceptors (Lipinski definition) is 8. The first-order valence-electron chi connectivity index (χ1n) is 12.4. The summed E-state index contributed by atoms with van der Waals surface area (Å²) >= 11 is 0. The molecule has 0 spiro atoms. The summed E-state index contributed by atoms with van der Waals surface area (Å²) in [6.07, 6.45) is 5.25. The fourth-order valence-corrected chi connectivity index (χ4v) is 5.57. The first-order chi connectivity index (χ1) is 18.1. The zero-order valence-electron chi connectivity index (χ0n) is 21.7. The fraction of sp³-hybridized carbons (Fsp3) is 0.250. The Morgan fingerprint density at radius 2 is 1.51 bits per heavy atom. The topological polar surface area (TPSA) is 148 Å². The third-order valence-electron chi connectivity index (χ3n) is 6.84. The molecular weight excluding hydrogens is 529 g/mol. The second kappa shape index (κ2) is 11.6. The van der Waals surface area contributed by atoms with Crippen molar-refractivity contribution in [1.29, 1.82) is 0 Å². The van der Waals surface area contributed by atoms with E-state index in [1.54, 1.807) is 36.4 Å². The molecule has 2 aliphatic carbocycles. The number of rotatable bonds is 6.